The Morgan fingerprint density at radius 3 is 2.42 bits per heavy atom. The fourth-order valence-electron chi connectivity index (χ4n) is 3.41. The third-order valence-electron chi connectivity index (χ3n) is 5.14. The zero-order valence-electron chi connectivity index (χ0n) is 17.3. The fourth-order valence-corrected chi connectivity index (χ4v) is 3.41. The van der Waals surface area contributed by atoms with Gasteiger partial charge in [0.2, 0.25) is 17.6 Å². The van der Waals surface area contributed by atoms with Gasteiger partial charge in [-0.15, -0.1) is 0 Å². The van der Waals surface area contributed by atoms with E-state index in [2.05, 4.69) is 25.3 Å². The molecule has 0 atom stereocenters. The summed E-state index contributed by atoms with van der Waals surface area (Å²) in [5.74, 6) is 1.45. The number of methoxy groups -OCH3 is 1. The van der Waals surface area contributed by atoms with Gasteiger partial charge in [0, 0.05) is 37.4 Å². The molecule has 2 aromatic carbocycles. The number of benzene rings is 2. The number of rotatable bonds is 7. The summed E-state index contributed by atoms with van der Waals surface area (Å²) in [7, 11) is 1.62. The second kappa shape index (κ2) is 9.67. The predicted molar refractivity (Wildman–Crippen MR) is 113 cm³/mol. The minimum atomic E-state index is -0.327. The minimum Gasteiger partial charge on any atom is -0.497 e. The number of amides is 1. The summed E-state index contributed by atoms with van der Waals surface area (Å²) < 4.78 is 23.5. The molecule has 3 aromatic rings. The first-order chi connectivity index (χ1) is 15.1. The van der Waals surface area contributed by atoms with Gasteiger partial charge in [0.05, 0.1) is 20.2 Å². The summed E-state index contributed by atoms with van der Waals surface area (Å²) in [5.41, 5.74) is 1.46. The molecule has 4 rings (SSSR count). The minimum absolute atomic E-state index is 0.110. The maximum absolute atomic E-state index is 13.0. The van der Waals surface area contributed by atoms with Crippen LogP contribution in [0.3, 0.4) is 0 Å². The van der Waals surface area contributed by atoms with Crippen LogP contribution in [0.5, 0.6) is 5.75 Å². The molecule has 9 heteroatoms. The monoisotopic (exact) mass is 425 g/mol. The van der Waals surface area contributed by atoms with Crippen molar-refractivity contribution in [1.82, 2.24) is 19.9 Å². The third-order valence-corrected chi connectivity index (χ3v) is 5.14. The highest BCUT2D eigenvalue weighted by Gasteiger charge is 2.21. The fraction of sp³-hybridized carbons (Fsp3) is 0.318. The number of halogens is 1. The number of ether oxygens (including phenoxy) is 1. The molecule has 0 unspecified atom stereocenters. The largest absolute Gasteiger partial charge is 0.497 e. The number of nitrogens with zero attached hydrogens (tertiary/aromatic N) is 4. The zero-order chi connectivity index (χ0) is 21.6. The van der Waals surface area contributed by atoms with Crippen molar-refractivity contribution < 1.29 is 18.4 Å². The number of anilines is 1. The van der Waals surface area contributed by atoms with Crippen LogP contribution >= 0.6 is 0 Å². The second-order valence-corrected chi connectivity index (χ2v) is 7.35. The number of carbonyl (C=O) groups excluding carboxylic acids is 1. The van der Waals surface area contributed by atoms with Crippen LogP contribution in [0.4, 0.5) is 10.1 Å². The summed E-state index contributed by atoms with van der Waals surface area (Å²) in [6, 6.07) is 13.3. The lowest BCUT2D eigenvalue weighted by atomic mass is 10.2. The van der Waals surface area contributed by atoms with Gasteiger partial charge in [0.25, 0.3) is 0 Å². The lowest BCUT2D eigenvalue weighted by Crippen LogP contribution is -2.48. The van der Waals surface area contributed by atoms with Crippen molar-refractivity contribution >= 4 is 11.6 Å². The Kier molecular flexibility index (Phi) is 6.54. The third kappa shape index (κ3) is 5.65. The van der Waals surface area contributed by atoms with Crippen molar-refractivity contribution in [2.24, 2.45) is 0 Å². The first kappa shape index (κ1) is 21.0. The van der Waals surface area contributed by atoms with E-state index in [1.54, 1.807) is 19.2 Å². The average Bonchev–Trinajstić information content (AvgIpc) is 3.25. The molecule has 1 fully saturated rings. The van der Waals surface area contributed by atoms with Crippen molar-refractivity contribution in [3.63, 3.8) is 0 Å². The van der Waals surface area contributed by atoms with E-state index in [1.807, 2.05) is 24.3 Å². The Morgan fingerprint density at radius 1 is 1.06 bits per heavy atom. The first-order valence-electron chi connectivity index (χ1n) is 10.1. The molecule has 162 valence electrons. The predicted octanol–water partition coefficient (Wildman–Crippen LogP) is 2.64. The summed E-state index contributed by atoms with van der Waals surface area (Å²) in [6.07, 6.45) is 0. The molecule has 1 saturated heterocycles. The van der Waals surface area contributed by atoms with E-state index in [-0.39, 0.29) is 11.7 Å². The molecule has 0 spiro atoms. The molecule has 8 nitrogen and oxygen atoms in total. The van der Waals surface area contributed by atoms with E-state index in [1.165, 1.54) is 12.1 Å². The topological polar surface area (TPSA) is 83.7 Å². The van der Waals surface area contributed by atoms with Crippen LogP contribution in [0.1, 0.15) is 5.89 Å². The molecule has 1 aliphatic heterocycles. The molecule has 1 aromatic heterocycles. The number of hydrogen-bond acceptors (Lipinski definition) is 7. The number of carbonyl (C=O) groups is 1. The van der Waals surface area contributed by atoms with Gasteiger partial charge in [-0.1, -0.05) is 5.16 Å². The summed E-state index contributed by atoms with van der Waals surface area (Å²) >= 11 is 0. The average molecular weight is 425 g/mol. The maximum Gasteiger partial charge on any atom is 0.241 e. The molecule has 1 aliphatic rings. The van der Waals surface area contributed by atoms with E-state index in [4.69, 9.17) is 9.26 Å². The number of nitrogens with one attached hydrogen (secondary N) is 1. The second-order valence-electron chi connectivity index (χ2n) is 7.35. The Balaban J connectivity index is 1.23. The number of piperazine rings is 1. The van der Waals surface area contributed by atoms with Crippen molar-refractivity contribution in [3.8, 4) is 17.1 Å². The first-order valence-corrected chi connectivity index (χ1v) is 10.1. The van der Waals surface area contributed by atoms with E-state index >= 15 is 0 Å². The van der Waals surface area contributed by atoms with Gasteiger partial charge in [-0.2, -0.15) is 4.98 Å². The highest BCUT2D eigenvalue weighted by molar-refractivity contribution is 5.92. The molecule has 1 amide bonds. The summed E-state index contributed by atoms with van der Waals surface area (Å²) in [6.45, 7) is 3.98. The molecule has 0 saturated carbocycles. The molecule has 2 heterocycles. The molecule has 0 radical (unpaired) electrons. The highest BCUT2D eigenvalue weighted by Crippen LogP contribution is 2.20. The lowest BCUT2D eigenvalue weighted by Gasteiger charge is -2.33. The molecular formula is C22H24FN5O3. The Labute approximate surface area is 179 Å². The SMILES string of the molecule is COc1ccc(-c2noc(CN3CCN(CC(=O)Nc4ccc(F)cc4)CC3)n2)cc1. The van der Waals surface area contributed by atoms with Crippen molar-refractivity contribution in [3.05, 3.63) is 60.2 Å². The van der Waals surface area contributed by atoms with Gasteiger partial charge in [-0.05, 0) is 48.5 Å². The van der Waals surface area contributed by atoms with E-state index < -0.39 is 0 Å². The summed E-state index contributed by atoms with van der Waals surface area (Å²) in [5, 5.41) is 6.86. The van der Waals surface area contributed by atoms with Crippen LogP contribution in [-0.2, 0) is 11.3 Å². The van der Waals surface area contributed by atoms with E-state index in [0.717, 1.165) is 37.5 Å². The Hall–Kier alpha value is -3.30. The molecular weight excluding hydrogens is 401 g/mol. The normalized spacial score (nSPS) is 15.0. The van der Waals surface area contributed by atoms with Gasteiger partial charge in [-0.3, -0.25) is 14.6 Å². The summed E-state index contributed by atoms with van der Waals surface area (Å²) in [4.78, 5) is 21.0. The van der Waals surface area contributed by atoms with Crippen LogP contribution in [0, 0.1) is 5.82 Å². The van der Waals surface area contributed by atoms with Gasteiger partial charge in [0.15, 0.2) is 0 Å². The van der Waals surface area contributed by atoms with Crippen LogP contribution < -0.4 is 10.1 Å². The maximum atomic E-state index is 13.0. The van der Waals surface area contributed by atoms with Crippen LogP contribution in [-0.4, -0.2) is 65.7 Å². The van der Waals surface area contributed by atoms with Crippen molar-refractivity contribution in [1.29, 1.82) is 0 Å². The van der Waals surface area contributed by atoms with Crippen LogP contribution in [0.2, 0.25) is 0 Å². The van der Waals surface area contributed by atoms with Gasteiger partial charge in [0.1, 0.15) is 11.6 Å². The quantitative estimate of drug-likeness (QED) is 0.623. The smallest absolute Gasteiger partial charge is 0.241 e. The van der Waals surface area contributed by atoms with Gasteiger partial charge >= 0.3 is 0 Å². The Morgan fingerprint density at radius 2 is 1.74 bits per heavy atom. The van der Waals surface area contributed by atoms with Crippen molar-refractivity contribution in [2.75, 3.05) is 45.2 Å². The highest BCUT2D eigenvalue weighted by atomic mass is 19.1. The molecule has 1 N–H and O–H groups in total. The Bertz CT molecular complexity index is 999. The van der Waals surface area contributed by atoms with E-state index in [9.17, 15) is 9.18 Å². The van der Waals surface area contributed by atoms with Gasteiger partial charge < -0.3 is 14.6 Å². The lowest BCUT2D eigenvalue weighted by molar-refractivity contribution is -0.117. The molecule has 0 bridgehead atoms. The molecule has 31 heavy (non-hydrogen) atoms. The van der Waals surface area contributed by atoms with Gasteiger partial charge in [-0.25, -0.2) is 4.39 Å². The van der Waals surface area contributed by atoms with E-state index in [0.29, 0.717) is 30.5 Å². The van der Waals surface area contributed by atoms with Crippen LogP contribution in [0.15, 0.2) is 53.1 Å². The van der Waals surface area contributed by atoms with Crippen molar-refractivity contribution in [2.45, 2.75) is 6.54 Å². The van der Waals surface area contributed by atoms with Crippen LogP contribution in [0.25, 0.3) is 11.4 Å². The zero-order valence-corrected chi connectivity index (χ0v) is 17.3. The molecule has 0 aliphatic carbocycles. The number of aromatic nitrogens is 2. The number of hydrogen-bond donors (Lipinski definition) is 1. The standard InChI is InChI=1S/C22H24FN5O3/c1-30-19-8-2-16(3-9-19)22-25-21(31-26-22)15-28-12-10-27(11-13-28)14-20(29)24-18-6-4-17(23)5-7-18/h2-9H,10-15H2,1H3,(H,24,29).